The van der Waals surface area contributed by atoms with E-state index in [0.29, 0.717) is 16.2 Å². The van der Waals surface area contributed by atoms with Crippen LogP contribution in [-0.2, 0) is 11.2 Å². The highest BCUT2D eigenvalue weighted by Gasteiger charge is 2.06. The molecule has 0 fully saturated rings. The summed E-state index contributed by atoms with van der Waals surface area (Å²) in [5.74, 6) is -0.453. The van der Waals surface area contributed by atoms with Gasteiger partial charge in [0.1, 0.15) is 10.8 Å². The number of thiocarbonyl (C=S) groups is 1. The maximum absolute atomic E-state index is 13.2. The first-order valence-electron chi connectivity index (χ1n) is 6.40. The van der Waals surface area contributed by atoms with Gasteiger partial charge in [0, 0.05) is 11.3 Å². The molecule has 0 aliphatic rings. The van der Waals surface area contributed by atoms with Crippen molar-refractivity contribution >= 4 is 28.8 Å². The number of carbonyl (C=O) groups is 1. The average molecular weight is 302 g/mol. The van der Waals surface area contributed by atoms with Crippen LogP contribution in [0.5, 0.6) is 0 Å². The average Bonchev–Trinajstić information content (AvgIpc) is 2.43. The first kappa shape index (κ1) is 15.1. The van der Waals surface area contributed by atoms with Gasteiger partial charge in [-0.3, -0.25) is 4.79 Å². The predicted octanol–water partition coefficient (Wildman–Crippen LogP) is 2.95. The third kappa shape index (κ3) is 4.10. The molecule has 0 aliphatic heterocycles. The molecule has 0 heterocycles. The minimum atomic E-state index is -0.290. The number of anilines is 1. The number of hydrogen-bond donors (Lipinski definition) is 2. The number of carbonyl (C=O) groups excluding carboxylic acids is 1. The van der Waals surface area contributed by atoms with Crippen molar-refractivity contribution in [2.24, 2.45) is 5.73 Å². The first-order chi connectivity index (χ1) is 9.95. The molecule has 0 aromatic heterocycles. The topological polar surface area (TPSA) is 55.1 Å². The molecule has 3 nitrogen and oxygen atoms in total. The molecule has 0 spiro atoms. The molecule has 2 aromatic carbocycles. The predicted molar refractivity (Wildman–Crippen MR) is 85.8 cm³/mol. The van der Waals surface area contributed by atoms with Crippen molar-refractivity contribution in [1.29, 1.82) is 0 Å². The van der Waals surface area contributed by atoms with Gasteiger partial charge in [0.25, 0.3) is 0 Å². The number of aryl methyl sites for hydroxylation is 1. The smallest absolute Gasteiger partial charge is 0.228 e. The van der Waals surface area contributed by atoms with Crippen LogP contribution in [0.15, 0.2) is 42.5 Å². The van der Waals surface area contributed by atoms with E-state index in [0.717, 1.165) is 11.1 Å². The molecule has 0 aliphatic carbocycles. The zero-order valence-corrected chi connectivity index (χ0v) is 12.3. The van der Waals surface area contributed by atoms with Gasteiger partial charge in [0.05, 0.1) is 6.42 Å². The second-order valence-electron chi connectivity index (χ2n) is 4.75. The van der Waals surface area contributed by atoms with Crippen LogP contribution < -0.4 is 11.1 Å². The fourth-order valence-electron chi connectivity index (χ4n) is 1.90. The van der Waals surface area contributed by atoms with Crippen LogP contribution in [-0.4, -0.2) is 10.9 Å². The second-order valence-corrected chi connectivity index (χ2v) is 5.19. The minimum Gasteiger partial charge on any atom is -0.389 e. The Balaban J connectivity index is 2.01. The fourth-order valence-corrected chi connectivity index (χ4v) is 2.04. The van der Waals surface area contributed by atoms with Crippen LogP contribution in [0.25, 0.3) is 0 Å². The van der Waals surface area contributed by atoms with Gasteiger partial charge in [0.2, 0.25) is 5.91 Å². The lowest BCUT2D eigenvalue weighted by Gasteiger charge is -2.07. The van der Waals surface area contributed by atoms with Crippen LogP contribution >= 0.6 is 12.2 Å². The monoisotopic (exact) mass is 302 g/mol. The molecule has 0 unspecified atom stereocenters. The van der Waals surface area contributed by atoms with Gasteiger partial charge in [0.15, 0.2) is 0 Å². The Hall–Kier alpha value is -2.27. The minimum absolute atomic E-state index is 0.163. The molecule has 1 amide bonds. The number of amides is 1. The van der Waals surface area contributed by atoms with Gasteiger partial charge in [-0.1, -0.05) is 36.5 Å². The number of rotatable bonds is 4. The van der Waals surface area contributed by atoms with Gasteiger partial charge in [-0.15, -0.1) is 0 Å². The molecule has 0 saturated carbocycles. The molecular formula is C16H15FN2OS. The van der Waals surface area contributed by atoms with Gasteiger partial charge in [-0.25, -0.2) is 4.39 Å². The molecule has 0 saturated heterocycles. The summed E-state index contributed by atoms with van der Waals surface area (Å²) in [4.78, 5) is 12.3. The molecule has 2 aromatic rings. The molecule has 0 atom stereocenters. The van der Waals surface area contributed by atoms with E-state index >= 15 is 0 Å². The maximum atomic E-state index is 13.2. The third-order valence-corrected chi connectivity index (χ3v) is 3.28. The zero-order valence-electron chi connectivity index (χ0n) is 11.5. The van der Waals surface area contributed by atoms with E-state index in [1.54, 1.807) is 25.1 Å². The Labute approximate surface area is 128 Å². The Morgan fingerprint density at radius 3 is 2.48 bits per heavy atom. The highest BCUT2D eigenvalue weighted by atomic mass is 32.1. The van der Waals surface area contributed by atoms with Crippen LogP contribution in [0.3, 0.4) is 0 Å². The summed E-state index contributed by atoms with van der Waals surface area (Å²) in [6.07, 6.45) is 0.230. The van der Waals surface area contributed by atoms with E-state index in [9.17, 15) is 9.18 Å². The summed E-state index contributed by atoms with van der Waals surface area (Å²) < 4.78 is 13.2. The van der Waals surface area contributed by atoms with Crippen LogP contribution in [0, 0.1) is 12.7 Å². The highest BCUT2D eigenvalue weighted by Crippen LogP contribution is 2.14. The summed E-state index contributed by atoms with van der Waals surface area (Å²) in [6.45, 7) is 1.65. The van der Waals surface area contributed by atoms with Crippen molar-refractivity contribution in [3.05, 3.63) is 65.0 Å². The summed E-state index contributed by atoms with van der Waals surface area (Å²) in [7, 11) is 0. The lowest BCUT2D eigenvalue weighted by molar-refractivity contribution is -0.115. The van der Waals surface area contributed by atoms with Crippen LogP contribution in [0.2, 0.25) is 0 Å². The second kappa shape index (κ2) is 6.45. The lowest BCUT2D eigenvalue weighted by atomic mass is 10.1. The molecule has 3 N–H and O–H groups in total. The Kier molecular flexibility index (Phi) is 4.65. The van der Waals surface area contributed by atoms with Crippen molar-refractivity contribution in [3.8, 4) is 0 Å². The normalized spacial score (nSPS) is 10.2. The van der Waals surface area contributed by atoms with Gasteiger partial charge >= 0.3 is 0 Å². The summed E-state index contributed by atoms with van der Waals surface area (Å²) in [5.41, 5.74) is 8.21. The highest BCUT2D eigenvalue weighted by molar-refractivity contribution is 7.80. The van der Waals surface area contributed by atoms with Crippen molar-refractivity contribution in [3.63, 3.8) is 0 Å². The first-order valence-corrected chi connectivity index (χ1v) is 6.81. The fraction of sp³-hybridized carbons (Fsp3) is 0.125. The SMILES string of the molecule is Cc1cc(NC(=O)Cc2ccc(C(N)=S)cc2)ccc1F. The van der Waals surface area contributed by atoms with Crippen molar-refractivity contribution in [2.75, 3.05) is 5.32 Å². The maximum Gasteiger partial charge on any atom is 0.228 e. The van der Waals surface area contributed by atoms with Crippen molar-refractivity contribution < 1.29 is 9.18 Å². The van der Waals surface area contributed by atoms with Crippen molar-refractivity contribution in [2.45, 2.75) is 13.3 Å². The molecule has 0 bridgehead atoms. The molecule has 0 radical (unpaired) electrons. The van der Waals surface area contributed by atoms with E-state index in [1.807, 2.05) is 12.1 Å². The van der Waals surface area contributed by atoms with Gasteiger partial charge < -0.3 is 11.1 Å². The summed E-state index contributed by atoms with van der Waals surface area (Å²) in [5, 5.41) is 2.74. The van der Waals surface area contributed by atoms with E-state index in [1.165, 1.54) is 12.1 Å². The molecule has 21 heavy (non-hydrogen) atoms. The number of hydrogen-bond acceptors (Lipinski definition) is 2. The Morgan fingerprint density at radius 1 is 1.24 bits per heavy atom. The van der Waals surface area contributed by atoms with Gasteiger partial charge in [-0.05, 0) is 36.2 Å². The number of benzene rings is 2. The lowest BCUT2D eigenvalue weighted by Crippen LogP contribution is -2.15. The van der Waals surface area contributed by atoms with E-state index in [2.05, 4.69) is 5.32 Å². The Morgan fingerprint density at radius 2 is 1.90 bits per heavy atom. The standard InChI is InChI=1S/C16H15FN2OS/c1-10-8-13(6-7-14(10)17)19-15(20)9-11-2-4-12(5-3-11)16(18)21/h2-8H,9H2,1H3,(H2,18,21)(H,19,20). The van der Waals surface area contributed by atoms with Crippen LogP contribution in [0.4, 0.5) is 10.1 Å². The van der Waals surface area contributed by atoms with E-state index in [4.69, 9.17) is 18.0 Å². The third-order valence-electron chi connectivity index (χ3n) is 3.04. The molecular weight excluding hydrogens is 287 g/mol. The molecule has 2 rings (SSSR count). The zero-order chi connectivity index (χ0) is 15.4. The summed E-state index contributed by atoms with van der Waals surface area (Å²) in [6, 6.07) is 11.7. The van der Waals surface area contributed by atoms with Gasteiger partial charge in [-0.2, -0.15) is 0 Å². The quantitative estimate of drug-likeness (QED) is 0.854. The van der Waals surface area contributed by atoms with E-state index < -0.39 is 0 Å². The van der Waals surface area contributed by atoms with E-state index in [-0.39, 0.29) is 18.1 Å². The largest absolute Gasteiger partial charge is 0.389 e. The van der Waals surface area contributed by atoms with Crippen LogP contribution in [0.1, 0.15) is 16.7 Å². The number of halogens is 1. The number of nitrogens with two attached hydrogens (primary N) is 1. The molecule has 5 heteroatoms. The Bertz CT molecular complexity index is 683. The summed E-state index contributed by atoms with van der Waals surface area (Å²) >= 11 is 4.87. The number of nitrogens with one attached hydrogen (secondary N) is 1. The van der Waals surface area contributed by atoms with Crippen molar-refractivity contribution in [1.82, 2.24) is 0 Å². The molecule has 108 valence electrons.